The molecule has 2 rings (SSSR count). The van der Waals surface area contributed by atoms with Crippen LogP contribution in [0.5, 0.6) is 0 Å². The van der Waals surface area contributed by atoms with Crippen LogP contribution in [0.25, 0.3) is 0 Å². The zero-order valence-corrected chi connectivity index (χ0v) is 12.5. The number of aliphatic imine (C=N–C) groups is 1. The standard InChI is InChI=1S/C13H12BrN3O3/c1-16(2)13-12(14)7-11(20-13)8-15-9-4-3-5-10(6-9)17(18)19/h3-8H,1-2H3. The molecule has 7 heteroatoms. The first-order chi connectivity index (χ1) is 9.47. The van der Waals surface area contributed by atoms with Crippen molar-refractivity contribution in [3.63, 3.8) is 0 Å². The first kappa shape index (κ1) is 14.3. The fourth-order valence-electron chi connectivity index (χ4n) is 1.57. The van der Waals surface area contributed by atoms with Crippen LogP contribution in [0.15, 0.2) is 44.2 Å². The van der Waals surface area contributed by atoms with E-state index in [0.717, 1.165) is 4.47 Å². The van der Waals surface area contributed by atoms with Gasteiger partial charge in [0.05, 0.1) is 21.3 Å². The third-order valence-corrected chi connectivity index (χ3v) is 3.04. The molecular formula is C13H12BrN3O3. The van der Waals surface area contributed by atoms with E-state index in [0.29, 0.717) is 17.3 Å². The molecule has 2 aromatic rings. The summed E-state index contributed by atoms with van der Waals surface area (Å²) in [4.78, 5) is 16.2. The Kier molecular flexibility index (Phi) is 4.19. The summed E-state index contributed by atoms with van der Waals surface area (Å²) in [5.74, 6) is 1.25. The van der Waals surface area contributed by atoms with Gasteiger partial charge in [-0.05, 0) is 22.0 Å². The van der Waals surface area contributed by atoms with Crippen molar-refractivity contribution in [3.8, 4) is 0 Å². The molecule has 0 aliphatic carbocycles. The second-order valence-electron chi connectivity index (χ2n) is 4.23. The zero-order valence-electron chi connectivity index (χ0n) is 10.9. The number of nitrogens with zero attached hydrogens (tertiary/aromatic N) is 3. The minimum absolute atomic E-state index is 0.00857. The van der Waals surface area contributed by atoms with E-state index in [4.69, 9.17) is 4.42 Å². The van der Waals surface area contributed by atoms with Crippen LogP contribution in [0.1, 0.15) is 5.76 Å². The Hall–Kier alpha value is -2.15. The minimum Gasteiger partial charge on any atom is -0.438 e. The SMILES string of the molecule is CN(C)c1oc(C=Nc2cccc([N+](=O)[O-])c2)cc1Br. The molecule has 6 nitrogen and oxygen atoms in total. The normalized spacial score (nSPS) is 10.9. The molecule has 0 bridgehead atoms. The van der Waals surface area contributed by atoms with Crippen LogP contribution >= 0.6 is 15.9 Å². The highest BCUT2D eigenvalue weighted by molar-refractivity contribution is 9.10. The highest BCUT2D eigenvalue weighted by atomic mass is 79.9. The molecule has 0 amide bonds. The number of nitro groups is 1. The molecule has 0 atom stereocenters. The molecule has 0 aliphatic rings. The van der Waals surface area contributed by atoms with Crippen molar-refractivity contribution in [1.29, 1.82) is 0 Å². The third-order valence-electron chi connectivity index (χ3n) is 2.48. The van der Waals surface area contributed by atoms with Gasteiger partial charge in [-0.15, -0.1) is 0 Å². The minimum atomic E-state index is -0.452. The van der Waals surface area contributed by atoms with Crippen molar-refractivity contribution in [3.05, 3.63) is 50.7 Å². The number of anilines is 1. The Balaban J connectivity index is 2.23. The van der Waals surface area contributed by atoms with Crippen LogP contribution in [0.3, 0.4) is 0 Å². The van der Waals surface area contributed by atoms with Gasteiger partial charge in [0.15, 0.2) is 0 Å². The number of benzene rings is 1. The van der Waals surface area contributed by atoms with E-state index in [-0.39, 0.29) is 5.69 Å². The second-order valence-corrected chi connectivity index (χ2v) is 5.09. The van der Waals surface area contributed by atoms with Gasteiger partial charge in [-0.25, -0.2) is 0 Å². The smallest absolute Gasteiger partial charge is 0.271 e. The first-order valence-corrected chi connectivity index (χ1v) is 6.52. The van der Waals surface area contributed by atoms with Crippen LogP contribution in [-0.4, -0.2) is 25.2 Å². The maximum absolute atomic E-state index is 10.7. The van der Waals surface area contributed by atoms with Crippen molar-refractivity contribution >= 4 is 39.4 Å². The average Bonchev–Trinajstić information content (AvgIpc) is 2.78. The molecule has 0 fully saturated rings. The predicted octanol–water partition coefficient (Wildman–Crippen LogP) is 3.77. The third kappa shape index (κ3) is 3.24. The van der Waals surface area contributed by atoms with Gasteiger partial charge < -0.3 is 9.32 Å². The van der Waals surface area contributed by atoms with Gasteiger partial charge in [0.1, 0.15) is 5.76 Å². The van der Waals surface area contributed by atoms with E-state index in [1.807, 2.05) is 19.0 Å². The van der Waals surface area contributed by atoms with Crippen molar-refractivity contribution in [2.24, 2.45) is 4.99 Å². The maximum Gasteiger partial charge on any atom is 0.271 e. The van der Waals surface area contributed by atoms with E-state index < -0.39 is 4.92 Å². The number of furan rings is 1. The Morgan fingerprint density at radius 1 is 1.40 bits per heavy atom. The van der Waals surface area contributed by atoms with Crippen LogP contribution in [-0.2, 0) is 0 Å². The van der Waals surface area contributed by atoms with Gasteiger partial charge in [0, 0.05) is 32.3 Å². The fourth-order valence-corrected chi connectivity index (χ4v) is 2.23. The summed E-state index contributed by atoms with van der Waals surface area (Å²) in [5.41, 5.74) is 0.507. The summed E-state index contributed by atoms with van der Waals surface area (Å²) in [6, 6.07) is 7.90. The largest absolute Gasteiger partial charge is 0.438 e. The lowest BCUT2D eigenvalue weighted by atomic mass is 10.3. The maximum atomic E-state index is 10.7. The number of halogens is 1. The van der Waals surface area contributed by atoms with E-state index in [2.05, 4.69) is 20.9 Å². The Morgan fingerprint density at radius 2 is 2.15 bits per heavy atom. The molecule has 0 aliphatic heterocycles. The molecule has 0 N–H and O–H groups in total. The monoisotopic (exact) mass is 337 g/mol. The van der Waals surface area contributed by atoms with Crippen molar-refractivity contribution < 1.29 is 9.34 Å². The van der Waals surface area contributed by atoms with E-state index in [1.54, 1.807) is 18.2 Å². The Bertz CT molecular complexity index is 665. The van der Waals surface area contributed by atoms with Gasteiger partial charge in [0.25, 0.3) is 5.69 Å². The van der Waals surface area contributed by atoms with Crippen LogP contribution in [0.4, 0.5) is 17.3 Å². The lowest BCUT2D eigenvalue weighted by Crippen LogP contribution is -2.07. The second kappa shape index (κ2) is 5.87. The summed E-state index contributed by atoms with van der Waals surface area (Å²) in [5, 5.41) is 10.7. The summed E-state index contributed by atoms with van der Waals surface area (Å²) < 4.78 is 6.39. The lowest BCUT2D eigenvalue weighted by molar-refractivity contribution is -0.384. The Morgan fingerprint density at radius 3 is 2.75 bits per heavy atom. The summed E-state index contributed by atoms with van der Waals surface area (Å²) in [6.45, 7) is 0. The average molecular weight is 338 g/mol. The highest BCUT2D eigenvalue weighted by Gasteiger charge is 2.09. The molecule has 1 heterocycles. The van der Waals surface area contributed by atoms with Gasteiger partial charge in [-0.2, -0.15) is 0 Å². The summed E-state index contributed by atoms with van der Waals surface area (Å²) in [7, 11) is 3.73. The van der Waals surface area contributed by atoms with Gasteiger partial charge in [-0.1, -0.05) is 6.07 Å². The zero-order chi connectivity index (χ0) is 14.7. The van der Waals surface area contributed by atoms with Gasteiger partial charge >= 0.3 is 0 Å². The number of nitro benzene ring substituents is 1. The highest BCUT2D eigenvalue weighted by Crippen LogP contribution is 2.28. The molecule has 0 radical (unpaired) electrons. The van der Waals surface area contributed by atoms with Gasteiger partial charge in [0.2, 0.25) is 5.88 Å². The first-order valence-electron chi connectivity index (χ1n) is 5.72. The van der Waals surface area contributed by atoms with Crippen molar-refractivity contribution in [2.75, 3.05) is 19.0 Å². The van der Waals surface area contributed by atoms with Crippen molar-refractivity contribution in [2.45, 2.75) is 0 Å². The fraction of sp³-hybridized carbons (Fsp3) is 0.154. The number of non-ortho nitro benzene ring substituents is 1. The van der Waals surface area contributed by atoms with Crippen LogP contribution in [0, 0.1) is 10.1 Å². The molecule has 20 heavy (non-hydrogen) atoms. The molecule has 0 saturated carbocycles. The molecule has 1 aromatic carbocycles. The molecule has 0 saturated heterocycles. The van der Waals surface area contributed by atoms with Crippen LogP contribution < -0.4 is 4.90 Å². The molecule has 0 spiro atoms. The lowest BCUT2D eigenvalue weighted by Gasteiger charge is -2.07. The van der Waals surface area contributed by atoms with Crippen LogP contribution in [0.2, 0.25) is 0 Å². The summed E-state index contributed by atoms with van der Waals surface area (Å²) >= 11 is 3.39. The van der Waals surface area contributed by atoms with Gasteiger partial charge in [-0.3, -0.25) is 15.1 Å². The number of rotatable bonds is 4. The van der Waals surface area contributed by atoms with Crippen molar-refractivity contribution in [1.82, 2.24) is 0 Å². The molecule has 1 aromatic heterocycles. The molecule has 104 valence electrons. The topological polar surface area (TPSA) is 71.9 Å². The molecular weight excluding hydrogens is 326 g/mol. The van der Waals surface area contributed by atoms with E-state index >= 15 is 0 Å². The predicted molar refractivity (Wildman–Crippen MR) is 81.1 cm³/mol. The summed E-state index contributed by atoms with van der Waals surface area (Å²) in [6.07, 6.45) is 1.52. The van der Waals surface area contributed by atoms with E-state index in [9.17, 15) is 10.1 Å². The molecule has 0 unspecified atom stereocenters. The van der Waals surface area contributed by atoms with E-state index in [1.165, 1.54) is 18.3 Å². The number of hydrogen-bond acceptors (Lipinski definition) is 5. The Labute approximate surface area is 124 Å². The number of hydrogen-bond donors (Lipinski definition) is 0. The quantitative estimate of drug-likeness (QED) is 0.483.